The molecular weight excluding hydrogens is 609 g/mol. The lowest BCUT2D eigenvalue weighted by atomic mass is 9.85. The number of furan rings is 2. The molecule has 2 heterocycles. The van der Waals surface area contributed by atoms with Crippen molar-refractivity contribution in [1.82, 2.24) is 0 Å². The molecule has 11 rings (SSSR count). The third-order valence-corrected chi connectivity index (χ3v) is 10.4. The fraction of sp³-hybridized carbons (Fsp3) is 0. The van der Waals surface area contributed by atoms with Gasteiger partial charge in [0.1, 0.15) is 22.3 Å². The van der Waals surface area contributed by atoms with Gasteiger partial charge in [-0.05, 0) is 102 Å². The van der Waals surface area contributed by atoms with Gasteiger partial charge in [-0.2, -0.15) is 0 Å². The summed E-state index contributed by atoms with van der Waals surface area (Å²) in [5.41, 5.74) is 10.8. The van der Waals surface area contributed by atoms with Gasteiger partial charge in [-0.3, -0.25) is 0 Å². The van der Waals surface area contributed by atoms with Crippen molar-refractivity contribution in [2.45, 2.75) is 0 Å². The maximum atomic E-state index is 6.48. The number of rotatable bonds is 3. The van der Waals surface area contributed by atoms with Gasteiger partial charge in [-0.25, -0.2) is 0 Å². The standard InChI is InChI=1S/C48H28O2/c1-2-12-30(13-3-1)46-35-17-6-8-19-37(35)47(38-20-9-7-18-36(38)46)33-15-10-14-31(25-33)32-22-23-42-39(26-32)40-27-45-41(28-44(40)49-42)48-34-16-5-4-11-29(34)21-24-43(48)50-45/h1-28H. The zero-order valence-electron chi connectivity index (χ0n) is 27.0. The van der Waals surface area contributed by atoms with E-state index in [1.165, 1.54) is 54.6 Å². The van der Waals surface area contributed by atoms with Crippen LogP contribution >= 0.6 is 0 Å². The second-order valence-electron chi connectivity index (χ2n) is 13.2. The van der Waals surface area contributed by atoms with E-state index in [-0.39, 0.29) is 0 Å². The lowest BCUT2D eigenvalue weighted by molar-refractivity contribution is 0.664. The van der Waals surface area contributed by atoms with Crippen LogP contribution in [0.5, 0.6) is 0 Å². The predicted molar refractivity (Wildman–Crippen MR) is 210 cm³/mol. The zero-order chi connectivity index (χ0) is 32.8. The van der Waals surface area contributed by atoms with Gasteiger partial charge in [0.05, 0.1) is 0 Å². The molecule has 0 unspecified atom stereocenters. The molecule has 0 bridgehead atoms. The molecule has 0 aliphatic heterocycles. The summed E-state index contributed by atoms with van der Waals surface area (Å²) in [5, 5.41) is 11.8. The quantitative estimate of drug-likeness (QED) is 0.180. The Labute approximate surface area is 287 Å². The first-order chi connectivity index (χ1) is 24.8. The monoisotopic (exact) mass is 636 g/mol. The van der Waals surface area contributed by atoms with Gasteiger partial charge in [-0.15, -0.1) is 0 Å². The Hall–Kier alpha value is -6.64. The molecule has 0 aliphatic carbocycles. The molecule has 2 aromatic heterocycles. The van der Waals surface area contributed by atoms with Crippen LogP contribution in [-0.2, 0) is 0 Å². The summed E-state index contributed by atoms with van der Waals surface area (Å²) in [7, 11) is 0. The summed E-state index contributed by atoms with van der Waals surface area (Å²) in [6, 6.07) is 60.9. The second-order valence-corrected chi connectivity index (χ2v) is 13.2. The molecule has 11 aromatic rings. The van der Waals surface area contributed by atoms with Crippen LogP contribution < -0.4 is 0 Å². The van der Waals surface area contributed by atoms with E-state index in [9.17, 15) is 0 Å². The van der Waals surface area contributed by atoms with E-state index in [4.69, 9.17) is 8.83 Å². The summed E-state index contributed by atoms with van der Waals surface area (Å²) >= 11 is 0. The largest absolute Gasteiger partial charge is 0.456 e. The predicted octanol–water partition coefficient (Wildman–Crippen LogP) is 13.9. The minimum atomic E-state index is 0.866. The Morgan fingerprint density at radius 3 is 1.54 bits per heavy atom. The van der Waals surface area contributed by atoms with Crippen molar-refractivity contribution in [2.24, 2.45) is 0 Å². The van der Waals surface area contributed by atoms with Crippen LogP contribution in [0.3, 0.4) is 0 Å². The van der Waals surface area contributed by atoms with E-state index in [0.717, 1.165) is 55.0 Å². The first-order valence-corrected chi connectivity index (χ1v) is 17.1. The molecule has 2 heteroatoms. The fourth-order valence-electron chi connectivity index (χ4n) is 8.20. The topological polar surface area (TPSA) is 26.3 Å². The number of benzene rings is 9. The van der Waals surface area contributed by atoms with Crippen LogP contribution in [0.15, 0.2) is 179 Å². The Morgan fingerprint density at radius 2 is 0.780 bits per heavy atom. The summed E-state index contributed by atoms with van der Waals surface area (Å²) in [5.74, 6) is 0. The minimum Gasteiger partial charge on any atom is -0.456 e. The minimum absolute atomic E-state index is 0.866. The van der Waals surface area contributed by atoms with Crippen molar-refractivity contribution in [3.63, 3.8) is 0 Å². The van der Waals surface area contributed by atoms with Gasteiger partial charge < -0.3 is 8.83 Å². The van der Waals surface area contributed by atoms with Gasteiger partial charge in [0.25, 0.3) is 0 Å². The molecule has 9 aromatic carbocycles. The van der Waals surface area contributed by atoms with E-state index < -0.39 is 0 Å². The van der Waals surface area contributed by atoms with Crippen molar-refractivity contribution in [2.75, 3.05) is 0 Å². The molecule has 0 saturated carbocycles. The Balaban J connectivity index is 1.10. The Bertz CT molecular complexity index is 3080. The average Bonchev–Trinajstić information content (AvgIpc) is 3.73. The summed E-state index contributed by atoms with van der Waals surface area (Å²) in [6.45, 7) is 0. The van der Waals surface area contributed by atoms with Gasteiger partial charge in [0.2, 0.25) is 0 Å². The van der Waals surface area contributed by atoms with E-state index in [0.29, 0.717) is 0 Å². The van der Waals surface area contributed by atoms with Gasteiger partial charge in [0, 0.05) is 21.5 Å². The van der Waals surface area contributed by atoms with E-state index in [1.807, 2.05) is 0 Å². The first-order valence-electron chi connectivity index (χ1n) is 17.1. The molecule has 232 valence electrons. The van der Waals surface area contributed by atoms with Crippen molar-refractivity contribution < 1.29 is 8.83 Å². The normalized spacial score (nSPS) is 12.0. The van der Waals surface area contributed by atoms with E-state index in [1.54, 1.807) is 0 Å². The SMILES string of the molecule is c1ccc(-c2c3ccccc3c(-c3cccc(-c4ccc5oc6cc7c(cc6c5c4)oc4ccc5ccccc5c47)c3)c3ccccc23)cc1. The van der Waals surface area contributed by atoms with E-state index in [2.05, 4.69) is 170 Å². The van der Waals surface area contributed by atoms with Crippen LogP contribution in [0, 0.1) is 0 Å². The second kappa shape index (κ2) is 10.4. The molecule has 0 fully saturated rings. The van der Waals surface area contributed by atoms with Crippen LogP contribution in [-0.4, -0.2) is 0 Å². The summed E-state index contributed by atoms with van der Waals surface area (Å²) < 4.78 is 12.9. The molecule has 50 heavy (non-hydrogen) atoms. The highest BCUT2D eigenvalue weighted by molar-refractivity contribution is 6.23. The number of fused-ring (bicyclic) bond motifs is 10. The maximum absolute atomic E-state index is 6.48. The Morgan fingerprint density at radius 1 is 0.260 bits per heavy atom. The van der Waals surface area contributed by atoms with E-state index >= 15 is 0 Å². The highest BCUT2D eigenvalue weighted by atomic mass is 16.3. The van der Waals surface area contributed by atoms with Crippen LogP contribution in [0.2, 0.25) is 0 Å². The van der Waals surface area contributed by atoms with Crippen molar-refractivity contribution in [1.29, 1.82) is 0 Å². The van der Waals surface area contributed by atoms with Crippen LogP contribution in [0.1, 0.15) is 0 Å². The molecule has 0 saturated heterocycles. The summed E-state index contributed by atoms with van der Waals surface area (Å²) in [4.78, 5) is 0. The van der Waals surface area contributed by atoms with Crippen molar-refractivity contribution >= 4 is 76.2 Å². The molecule has 0 radical (unpaired) electrons. The lowest BCUT2D eigenvalue weighted by Gasteiger charge is -2.18. The highest BCUT2D eigenvalue weighted by Crippen LogP contribution is 2.45. The molecule has 0 spiro atoms. The molecule has 0 N–H and O–H groups in total. The Kier molecular flexibility index (Phi) is 5.70. The van der Waals surface area contributed by atoms with Gasteiger partial charge in [0.15, 0.2) is 0 Å². The maximum Gasteiger partial charge on any atom is 0.136 e. The number of hydrogen-bond acceptors (Lipinski definition) is 2. The highest BCUT2D eigenvalue weighted by Gasteiger charge is 2.18. The third kappa shape index (κ3) is 3.96. The van der Waals surface area contributed by atoms with Crippen LogP contribution in [0.4, 0.5) is 0 Å². The lowest BCUT2D eigenvalue weighted by Crippen LogP contribution is -1.91. The molecule has 0 amide bonds. The average molecular weight is 637 g/mol. The van der Waals surface area contributed by atoms with Crippen molar-refractivity contribution in [3.8, 4) is 33.4 Å². The van der Waals surface area contributed by atoms with Crippen LogP contribution in [0.25, 0.3) is 110 Å². The molecular formula is C48H28O2. The first kappa shape index (κ1) is 27.3. The van der Waals surface area contributed by atoms with Gasteiger partial charge in [-0.1, -0.05) is 133 Å². The molecule has 2 nitrogen and oxygen atoms in total. The van der Waals surface area contributed by atoms with Gasteiger partial charge >= 0.3 is 0 Å². The smallest absolute Gasteiger partial charge is 0.136 e. The zero-order valence-corrected chi connectivity index (χ0v) is 27.0. The summed E-state index contributed by atoms with van der Waals surface area (Å²) in [6.07, 6.45) is 0. The fourth-order valence-corrected chi connectivity index (χ4v) is 8.20. The molecule has 0 atom stereocenters. The number of hydrogen-bond donors (Lipinski definition) is 0. The van der Waals surface area contributed by atoms with Crippen molar-refractivity contribution in [3.05, 3.63) is 170 Å². The third-order valence-electron chi connectivity index (χ3n) is 10.4. The molecule has 0 aliphatic rings.